The molecule has 82 valence electrons. The number of para-hydroxylation sites is 1. The second-order valence-corrected chi connectivity index (χ2v) is 3.49. The Balaban J connectivity index is 2.90. The Hall–Kier alpha value is -1.22. The summed E-state index contributed by atoms with van der Waals surface area (Å²) in [6.07, 6.45) is 0. The number of ether oxygens (including phenoxy) is 1. The first-order valence-corrected chi connectivity index (χ1v) is 5.18. The van der Waals surface area contributed by atoms with Crippen molar-refractivity contribution in [1.82, 2.24) is 4.90 Å². The van der Waals surface area contributed by atoms with Gasteiger partial charge in [0.05, 0.1) is 12.7 Å². The number of hydrogen-bond donors (Lipinski definition) is 0. The molecule has 0 saturated heterocycles. The van der Waals surface area contributed by atoms with Crippen LogP contribution < -0.4 is 4.74 Å². The quantitative estimate of drug-likeness (QED) is 0.737. The molecule has 1 rings (SSSR count). The fourth-order valence-corrected chi connectivity index (χ4v) is 1.51. The van der Waals surface area contributed by atoms with Crippen LogP contribution in [0.25, 0.3) is 0 Å². The van der Waals surface area contributed by atoms with E-state index in [2.05, 4.69) is 0 Å². The van der Waals surface area contributed by atoms with Gasteiger partial charge in [-0.05, 0) is 12.1 Å². The van der Waals surface area contributed by atoms with E-state index in [1.54, 1.807) is 31.2 Å². The van der Waals surface area contributed by atoms with Crippen molar-refractivity contribution in [2.24, 2.45) is 0 Å². The Morgan fingerprint density at radius 1 is 1.47 bits per heavy atom. The van der Waals surface area contributed by atoms with E-state index in [9.17, 15) is 4.79 Å². The number of amides is 1. The Morgan fingerprint density at radius 2 is 2.13 bits per heavy atom. The SMILES string of the molecule is COc1ccccc1C(=O)N(C)CCCl. The van der Waals surface area contributed by atoms with Crippen molar-refractivity contribution < 1.29 is 9.53 Å². The number of methoxy groups -OCH3 is 1. The number of halogens is 1. The second kappa shape index (κ2) is 5.61. The minimum atomic E-state index is -0.0758. The highest BCUT2D eigenvalue weighted by Crippen LogP contribution is 2.18. The molecule has 15 heavy (non-hydrogen) atoms. The van der Waals surface area contributed by atoms with Gasteiger partial charge in [0.1, 0.15) is 5.75 Å². The molecule has 0 fully saturated rings. The van der Waals surface area contributed by atoms with Crippen molar-refractivity contribution in [1.29, 1.82) is 0 Å². The molecule has 4 heteroatoms. The van der Waals surface area contributed by atoms with Gasteiger partial charge in [-0.25, -0.2) is 0 Å². The van der Waals surface area contributed by atoms with Crippen LogP contribution in [0.4, 0.5) is 0 Å². The fourth-order valence-electron chi connectivity index (χ4n) is 1.26. The molecule has 0 bridgehead atoms. The van der Waals surface area contributed by atoms with E-state index in [-0.39, 0.29) is 5.91 Å². The first-order valence-electron chi connectivity index (χ1n) is 4.65. The van der Waals surface area contributed by atoms with Crippen LogP contribution in [0.15, 0.2) is 24.3 Å². The van der Waals surface area contributed by atoms with Crippen molar-refractivity contribution in [3.05, 3.63) is 29.8 Å². The van der Waals surface area contributed by atoms with Gasteiger partial charge >= 0.3 is 0 Å². The third-order valence-corrected chi connectivity index (χ3v) is 2.27. The topological polar surface area (TPSA) is 29.5 Å². The molecule has 0 aromatic heterocycles. The summed E-state index contributed by atoms with van der Waals surface area (Å²) in [5.74, 6) is 0.939. The number of benzene rings is 1. The van der Waals surface area contributed by atoms with E-state index in [4.69, 9.17) is 16.3 Å². The van der Waals surface area contributed by atoms with Crippen molar-refractivity contribution in [3.8, 4) is 5.75 Å². The molecule has 0 aliphatic rings. The molecule has 0 aliphatic carbocycles. The molecule has 0 unspecified atom stereocenters. The van der Waals surface area contributed by atoms with E-state index in [1.807, 2.05) is 12.1 Å². The van der Waals surface area contributed by atoms with Gasteiger partial charge in [0.2, 0.25) is 0 Å². The zero-order valence-electron chi connectivity index (χ0n) is 8.87. The van der Waals surface area contributed by atoms with Gasteiger partial charge in [0, 0.05) is 19.5 Å². The standard InChI is InChI=1S/C11H14ClNO2/c1-13(8-7-12)11(14)9-5-3-4-6-10(9)15-2/h3-6H,7-8H2,1-2H3. The molecule has 0 radical (unpaired) electrons. The third-order valence-electron chi connectivity index (χ3n) is 2.10. The van der Waals surface area contributed by atoms with Gasteiger partial charge in [-0.1, -0.05) is 12.1 Å². The summed E-state index contributed by atoms with van der Waals surface area (Å²) in [4.78, 5) is 13.5. The minimum Gasteiger partial charge on any atom is -0.496 e. The number of hydrogen-bond acceptors (Lipinski definition) is 2. The minimum absolute atomic E-state index is 0.0758. The lowest BCUT2D eigenvalue weighted by atomic mass is 10.2. The van der Waals surface area contributed by atoms with Crippen molar-refractivity contribution in [3.63, 3.8) is 0 Å². The first-order chi connectivity index (χ1) is 7.20. The van der Waals surface area contributed by atoms with E-state index >= 15 is 0 Å². The molecule has 1 aromatic carbocycles. The molecular weight excluding hydrogens is 214 g/mol. The average Bonchev–Trinajstić information content (AvgIpc) is 2.28. The summed E-state index contributed by atoms with van der Waals surface area (Å²) >= 11 is 5.58. The van der Waals surface area contributed by atoms with Gasteiger partial charge in [-0.15, -0.1) is 11.6 Å². The predicted octanol–water partition coefficient (Wildman–Crippen LogP) is 2.01. The third kappa shape index (κ3) is 2.86. The van der Waals surface area contributed by atoms with Crippen molar-refractivity contribution >= 4 is 17.5 Å². The summed E-state index contributed by atoms with van der Waals surface area (Å²) < 4.78 is 5.11. The molecule has 0 saturated carbocycles. The van der Waals surface area contributed by atoms with Crippen LogP contribution >= 0.6 is 11.6 Å². The summed E-state index contributed by atoms with van der Waals surface area (Å²) in [6, 6.07) is 7.15. The normalized spacial score (nSPS) is 9.80. The fraction of sp³-hybridized carbons (Fsp3) is 0.364. The van der Waals surface area contributed by atoms with Gasteiger partial charge in [0.25, 0.3) is 5.91 Å². The van der Waals surface area contributed by atoms with Crippen LogP contribution in [0.1, 0.15) is 10.4 Å². The van der Waals surface area contributed by atoms with Crippen LogP contribution in [0.2, 0.25) is 0 Å². The molecule has 0 N–H and O–H groups in total. The maximum atomic E-state index is 11.9. The second-order valence-electron chi connectivity index (χ2n) is 3.12. The van der Waals surface area contributed by atoms with Crippen LogP contribution in [-0.2, 0) is 0 Å². The number of alkyl halides is 1. The summed E-state index contributed by atoms with van der Waals surface area (Å²) in [5.41, 5.74) is 0.563. The van der Waals surface area contributed by atoms with Crippen molar-refractivity contribution in [2.75, 3.05) is 26.6 Å². The van der Waals surface area contributed by atoms with E-state index in [1.165, 1.54) is 0 Å². The molecule has 0 heterocycles. The Morgan fingerprint density at radius 3 is 2.73 bits per heavy atom. The van der Waals surface area contributed by atoms with Gasteiger partial charge in [-0.2, -0.15) is 0 Å². The number of carbonyl (C=O) groups excluding carboxylic acids is 1. The zero-order chi connectivity index (χ0) is 11.3. The summed E-state index contributed by atoms with van der Waals surface area (Å²) in [7, 11) is 3.27. The summed E-state index contributed by atoms with van der Waals surface area (Å²) in [6.45, 7) is 0.526. The number of nitrogens with zero attached hydrogens (tertiary/aromatic N) is 1. The summed E-state index contributed by atoms with van der Waals surface area (Å²) in [5, 5.41) is 0. The maximum absolute atomic E-state index is 11.9. The number of rotatable bonds is 4. The van der Waals surface area contributed by atoms with Crippen LogP contribution in [-0.4, -0.2) is 37.4 Å². The van der Waals surface area contributed by atoms with Crippen LogP contribution in [0.3, 0.4) is 0 Å². The Bertz CT molecular complexity index is 341. The average molecular weight is 228 g/mol. The lowest BCUT2D eigenvalue weighted by molar-refractivity contribution is 0.0800. The van der Waals surface area contributed by atoms with Gasteiger partial charge in [0.15, 0.2) is 0 Å². The molecule has 0 spiro atoms. The monoisotopic (exact) mass is 227 g/mol. The molecule has 0 aliphatic heterocycles. The highest BCUT2D eigenvalue weighted by molar-refractivity contribution is 6.18. The van der Waals surface area contributed by atoms with E-state index in [0.717, 1.165) is 0 Å². The maximum Gasteiger partial charge on any atom is 0.257 e. The zero-order valence-corrected chi connectivity index (χ0v) is 9.62. The highest BCUT2D eigenvalue weighted by atomic mass is 35.5. The van der Waals surface area contributed by atoms with E-state index in [0.29, 0.717) is 23.7 Å². The van der Waals surface area contributed by atoms with Crippen LogP contribution in [0, 0.1) is 0 Å². The molecule has 1 amide bonds. The Labute approximate surface area is 94.6 Å². The molecule has 3 nitrogen and oxygen atoms in total. The van der Waals surface area contributed by atoms with Gasteiger partial charge in [-0.3, -0.25) is 4.79 Å². The number of carbonyl (C=O) groups is 1. The molecule has 0 atom stereocenters. The smallest absolute Gasteiger partial charge is 0.257 e. The lowest BCUT2D eigenvalue weighted by Gasteiger charge is -2.17. The lowest BCUT2D eigenvalue weighted by Crippen LogP contribution is -2.28. The van der Waals surface area contributed by atoms with E-state index < -0.39 is 0 Å². The van der Waals surface area contributed by atoms with Gasteiger partial charge < -0.3 is 9.64 Å². The largest absolute Gasteiger partial charge is 0.496 e. The highest BCUT2D eigenvalue weighted by Gasteiger charge is 2.14. The molecular formula is C11H14ClNO2. The molecule has 1 aromatic rings. The predicted molar refractivity (Wildman–Crippen MR) is 60.7 cm³/mol. The van der Waals surface area contributed by atoms with Crippen molar-refractivity contribution in [2.45, 2.75) is 0 Å². The Kier molecular flexibility index (Phi) is 4.43. The van der Waals surface area contributed by atoms with Crippen LogP contribution in [0.5, 0.6) is 5.75 Å². The first kappa shape index (κ1) is 11.9.